The smallest absolute Gasteiger partial charge is 0.124 e. The molecule has 0 saturated carbocycles. The fourth-order valence-corrected chi connectivity index (χ4v) is 4.52. The van der Waals surface area contributed by atoms with Gasteiger partial charge in [-0.2, -0.15) is 0 Å². The number of para-hydroxylation sites is 1. The van der Waals surface area contributed by atoms with Gasteiger partial charge >= 0.3 is 0 Å². The normalized spacial score (nSPS) is 18.7. The molecule has 3 aromatic carbocycles. The summed E-state index contributed by atoms with van der Waals surface area (Å²) in [6, 6.07) is 25.7. The first-order valence-electron chi connectivity index (χ1n) is 9.28. The van der Waals surface area contributed by atoms with Crippen molar-refractivity contribution in [3.8, 4) is 16.9 Å². The molecule has 1 nitrogen and oxygen atoms in total. The van der Waals surface area contributed by atoms with E-state index < -0.39 is 5.41 Å². The van der Waals surface area contributed by atoms with Gasteiger partial charge in [0, 0.05) is 5.56 Å². The Hall–Kier alpha value is -3.32. The van der Waals surface area contributed by atoms with Crippen LogP contribution in [-0.4, -0.2) is 6.61 Å². The lowest BCUT2D eigenvalue weighted by Gasteiger charge is -2.35. The number of fused-ring (bicyclic) bond motifs is 7. The molecule has 2 aliphatic rings. The number of ether oxygens (including phenoxy) is 1. The monoisotopic (exact) mass is 348 g/mol. The minimum absolute atomic E-state index is 0.453. The van der Waals surface area contributed by atoms with Crippen LogP contribution in [-0.2, 0) is 5.41 Å². The van der Waals surface area contributed by atoms with Crippen LogP contribution >= 0.6 is 0 Å². The molecule has 1 heterocycles. The van der Waals surface area contributed by atoms with Crippen LogP contribution in [0.3, 0.4) is 0 Å². The van der Waals surface area contributed by atoms with Crippen molar-refractivity contribution in [3.63, 3.8) is 0 Å². The Morgan fingerprint density at radius 2 is 1.30 bits per heavy atom. The summed E-state index contributed by atoms with van der Waals surface area (Å²) in [6.45, 7) is 5.09. The maximum Gasteiger partial charge on any atom is 0.124 e. The van der Waals surface area contributed by atoms with Gasteiger partial charge in [-0.15, -0.1) is 0 Å². The number of allylic oxidation sites excluding steroid dienone is 4. The van der Waals surface area contributed by atoms with Crippen molar-refractivity contribution in [2.75, 3.05) is 6.61 Å². The molecule has 1 heteroatoms. The van der Waals surface area contributed by atoms with E-state index in [0.717, 1.165) is 16.9 Å². The molecular weight excluding hydrogens is 328 g/mol. The van der Waals surface area contributed by atoms with Crippen LogP contribution in [0.25, 0.3) is 11.1 Å². The molecule has 0 atom stereocenters. The van der Waals surface area contributed by atoms with Crippen molar-refractivity contribution < 1.29 is 4.74 Å². The topological polar surface area (TPSA) is 9.23 Å². The van der Waals surface area contributed by atoms with Gasteiger partial charge in [0.1, 0.15) is 12.4 Å². The average molecular weight is 348 g/mol. The van der Waals surface area contributed by atoms with Crippen LogP contribution in [0.1, 0.15) is 16.7 Å². The van der Waals surface area contributed by atoms with Crippen molar-refractivity contribution in [1.29, 1.82) is 0 Å². The molecule has 0 amide bonds. The minimum Gasteiger partial charge on any atom is -0.489 e. The molecule has 130 valence electrons. The minimum atomic E-state index is -0.453. The summed E-state index contributed by atoms with van der Waals surface area (Å²) >= 11 is 0. The summed E-state index contributed by atoms with van der Waals surface area (Å²) in [5.41, 5.74) is 6.80. The number of rotatable bonds is 0. The Kier molecular flexibility index (Phi) is 3.61. The molecule has 0 saturated heterocycles. The highest BCUT2D eigenvalue weighted by atomic mass is 16.5. The van der Waals surface area contributed by atoms with Gasteiger partial charge < -0.3 is 4.74 Å². The summed E-state index contributed by atoms with van der Waals surface area (Å²) < 4.78 is 6.17. The molecule has 1 aliphatic heterocycles. The fraction of sp³-hybridized carbons (Fsp3) is 0.0769. The second-order valence-electron chi connectivity index (χ2n) is 6.96. The van der Waals surface area contributed by atoms with E-state index in [4.69, 9.17) is 4.74 Å². The lowest BCUT2D eigenvalue weighted by atomic mass is 9.67. The van der Waals surface area contributed by atoms with Crippen LogP contribution in [0, 0.1) is 0 Å². The van der Waals surface area contributed by atoms with E-state index >= 15 is 0 Å². The number of hydrogen-bond acceptors (Lipinski definition) is 1. The van der Waals surface area contributed by atoms with Gasteiger partial charge in [-0.25, -0.2) is 0 Å². The van der Waals surface area contributed by atoms with Gasteiger partial charge in [-0.3, -0.25) is 0 Å². The van der Waals surface area contributed by atoms with E-state index in [0.29, 0.717) is 6.61 Å². The Balaban J connectivity index is 1.95. The van der Waals surface area contributed by atoms with E-state index in [1.165, 1.54) is 22.3 Å². The third-order valence-electron chi connectivity index (χ3n) is 5.60. The maximum absolute atomic E-state index is 6.17. The van der Waals surface area contributed by atoms with Crippen molar-refractivity contribution in [3.05, 3.63) is 126 Å². The van der Waals surface area contributed by atoms with Gasteiger partial charge in [-0.1, -0.05) is 91.5 Å². The van der Waals surface area contributed by atoms with Gasteiger partial charge in [0.05, 0.1) is 5.41 Å². The number of hydrogen-bond donors (Lipinski definition) is 0. The van der Waals surface area contributed by atoms with Gasteiger partial charge in [-0.05, 0) is 40.0 Å². The highest BCUT2D eigenvalue weighted by molar-refractivity contribution is 5.87. The third kappa shape index (κ3) is 2.18. The number of benzene rings is 3. The predicted octanol–water partition coefficient (Wildman–Crippen LogP) is 6.06. The van der Waals surface area contributed by atoms with E-state index in [-0.39, 0.29) is 0 Å². The summed E-state index contributed by atoms with van der Waals surface area (Å²) in [4.78, 5) is 0. The lowest BCUT2D eigenvalue weighted by molar-refractivity contribution is 0.355. The van der Waals surface area contributed by atoms with E-state index in [1.807, 2.05) is 18.2 Å². The fourth-order valence-electron chi connectivity index (χ4n) is 4.52. The molecule has 1 aliphatic carbocycles. The van der Waals surface area contributed by atoms with Gasteiger partial charge in [0.25, 0.3) is 0 Å². The zero-order valence-electron chi connectivity index (χ0n) is 15.1. The molecular formula is C26H20O. The molecule has 1 spiro atoms. The molecule has 0 radical (unpaired) electrons. The largest absolute Gasteiger partial charge is 0.489 e. The highest BCUT2D eigenvalue weighted by Crippen LogP contribution is 2.57. The van der Waals surface area contributed by atoms with E-state index in [1.54, 1.807) is 0 Å². The standard InChI is InChI=1S/C26H20O/c1-19-11-3-2-10-18-27-25-17-9-8-16-24(25)26(19)22-14-6-4-12-20(22)21-13-5-7-15-23(21)26/h2-17H,1,18H2/b10-2-,11-3-. The maximum atomic E-state index is 6.17. The van der Waals surface area contributed by atoms with Gasteiger partial charge in [0.2, 0.25) is 0 Å². The molecule has 0 bridgehead atoms. The molecule has 3 aromatic rings. The summed E-state index contributed by atoms with van der Waals surface area (Å²) in [5, 5.41) is 0. The summed E-state index contributed by atoms with van der Waals surface area (Å²) in [5.74, 6) is 0.908. The quantitative estimate of drug-likeness (QED) is 0.480. The van der Waals surface area contributed by atoms with Crippen LogP contribution in [0.5, 0.6) is 5.75 Å². The second-order valence-corrected chi connectivity index (χ2v) is 6.96. The SMILES string of the molecule is C=C1/C=C\C=C/COc2ccccc2C12c1ccccc1-c1ccccc12. The second kappa shape index (κ2) is 6.14. The lowest BCUT2D eigenvalue weighted by Crippen LogP contribution is -2.29. The highest BCUT2D eigenvalue weighted by Gasteiger charge is 2.47. The van der Waals surface area contributed by atoms with Crippen molar-refractivity contribution >= 4 is 0 Å². The molecule has 0 N–H and O–H groups in total. The van der Waals surface area contributed by atoms with E-state index in [2.05, 4.69) is 85.5 Å². The summed E-state index contributed by atoms with van der Waals surface area (Å²) in [7, 11) is 0. The first kappa shape index (κ1) is 15.9. The molecule has 5 rings (SSSR count). The Bertz CT molecular complexity index is 1050. The van der Waals surface area contributed by atoms with Crippen molar-refractivity contribution in [2.24, 2.45) is 0 Å². The van der Waals surface area contributed by atoms with Crippen molar-refractivity contribution in [1.82, 2.24) is 0 Å². The van der Waals surface area contributed by atoms with Crippen LogP contribution in [0.15, 0.2) is 109 Å². The van der Waals surface area contributed by atoms with Crippen molar-refractivity contribution in [2.45, 2.75) is 5.41 Å². The first-order chi connectivity index (χ1) is 13.3. The first-order valence-corrected chi connectivity index (χ1v) is 9.28. The molecule has 0 unspecified atom stereocenters. The Labute approximate surface area is 159 Å². The molecule has 0 fully saturated rings. The zero-order valence-corrected chi connectivity index (χ0v) is 15.1. The summed E-state index contributed by atoms with van der Waals surface area (Å²) in [6.07, 6.45) is 8.25. The van der Waals surface area contributed by atoms with Crippen LogP contribution in [0.4, 0.5) is 0 Å². The van der Waals surface area contributed by atoms with Crippen LogP contribution in [0.2, 0.25) is 0 Å². The predicted molar refractivity (Wildman–Crippen MR) is 111 cm³/mol. The van der Waals surface area contributed by atoms with E-state index in [9.17, 15) is 0 Å². The van der Waals surface area contributed by atoms with Gasteiger partial charge in [0.15, 0.2) is 0 Å². The average Bonchev–Trinajstić information content (AvgIpc) is 3.02. The Morgan fingerprint density at radius 1 is 0.704 bits per heavy atom. The molecule has 27 heavy (non-hydrogen) atoms. The van der Waals surface area contributed by atoms with Crippen LogP contribution < -0.4 is 4.74 Å². The molecule has 0 aromatic heterocycles. The Morgan fingerprint density at radius 3 is 2.00 bits per heavy atom. The zero-order chi connectivity index (χ0) is 18.3. The third-order valence-corrected chi connectivity index (χ3v) is 5.60.